The first kappa shape index (κ1) is 15.5. The summed E-state index contributed by atoms with van der Waals surface area (Å²) in [6, 6.07) is 12.9. The molecule has 1 aromatic heterocycles. The summed E-state index contributed by atoms with van der Waals surface area (Å²) in [5.41, 5.74) is 2.73. The minimum Gasteiger partial charge on any atom is -0.339 e. The maximum atomic E-state index is 6.01. The van der Waals surface area contributed by atoms with Crippen LogP contribution in [-0.2, 0) is 0 Å². The van der Waals surface area contributed by atoms with Gasteiger partial charge in [-0.2, -0.15) is 10.1 Å². The molecule has 116 valence electrons. The van der Waals surface area contributed by atoms with Crippen molar-refractivity contribution in [2.45, 2.75) is 6.92 Å². The molecule has 1 heterocycles. The summed E-state index contributed by atoms with van der Waals surface area (Å²) in [7, 11) is 0. The normalized spacial score (nSPS) is 10.4. The molecule has 0 fully saturated rings. The van der Waals surface area contributed by atoms with E-state index in [4.69, 9.17) is 23.2 Å². The zero-order valence-electron chi connectivity index (χ0n) is 12.2. The van der Waals surface area contributed by atoms with Crippen LogP contribution in [-0.4, -0.2) is 15.2 Å². The van der Waals surface area contributed by atoms with Crippen LogP contribution in [0.4, 0.5) is 23.1 Å². The molecule has 0 spiro atoms. The molecule has 0 unspecified atom stereocenters. The van der Waals surface area contributed by atoms with Gasteiger partial charge in [-0.15, -0.1) is 5.10 Å². The fourth-order valence-corrected chi connectivity index (χ4v) is 2.25. The molecule has 5 nitrogen and oxygen atoms in total. The van der Waals surface area contributed by atoms with E-state index >= 15 is 0 Å². The summed E-state index contributed by atoms with van der Waals surface area (Å²) < 4.78 is 0. The summed E-state index contributed by atoms with van der Waals surface area (Å²) >= 11 is 11.9. The monoisotopic (exact) mass is 345 g/mol. The predicted molar refractivity (Wildman–Crippen MR) is 94.0 cm³/mol. The van der Waals surface area contributed by atoms with Gasteiger partial charge in [-0.3, -0.25) is 0 Å². The number of benzene rings is 2. The van der Waals surface area contributed by atoms with Gasteiger partial charge in [0.1, 0.15) is 0 Å². The van der Waals surface area contributed by atoms with Crippen molar-refractivity contribution in [2.24, 2.45) is 0 Å². The second-order valence-corrected chi connectivity index (χ2v) is 5.75. The van der Waals surface area contributed by atoms with Crippen molar-refractivity contribution in [2.75, 3.05) is 10.6 Å². The Morgan fingerprint density at radius 3 is 2.43 bits per heavy atom. The van der Waals surface area contributed by atoms with Crippen LogP contribution in [0.1, 0.15) is 5.56 Å². The number of hydrogen-bond donors (Lipinski definition) is 2. The lowest BCUT2D eigenvalue weighted by atomic mass is 10.2. The number of halogens is 2. The van der Waals surface area contributed by atoms with Gasteiger partial charge in [0.2, 0.25) is 5.95 Å². The predicted octanol–water partition coefficient (Wildman–Crippen LogP) is 4.97. The van der Waals surface area contributed by atoms with E-state index in [1.165, 1.54) is 0 Å². The topological polar surface area (TPSA) is 62.7 Å². The number of nitrogens with one attached hydrogen (secondary N) is 2. The van der Waals surface area contributed by atoms with Crippen LogP contribution >= 0.6 is 23.2 Å². The Morgan fingerprint density at radius 2 is 1.65 bits per heavy atom. The van der Waals surface area contributed by atoms with Gasteiger partial charge in [0.25, 0.3) is 0 Å². The summed E-state index contributed by atoms with van der Waals surface area (Å²) in [6.45, 7) is 1.97. The molecular weight excluding hydrogens is 333 g/mol. The van der Waals surface area contributed by atoms with Crippen LogP contribution in [0, 0.1) is 6.92 Å². The van der Waals surface area contributed by atoms with Gasteiger partial charge in [0, 0.05) is 21.4 Å². The van der Waals surface area contributed by atoms with E-state index in [1.807, 2.05) is 37.3 Å². The van der Waals surface area contributed by atoms with Crippen molar-refractivity contribution >= 4 is 46.3 Å². The lowest BCUT2D eigenvalue weighted by Gasteiger charge is -2.10. The first-order valence-electron chi connectivity index (χ1n) is 6.86. The number of aryl methyl sites for hydroxylation is 1. The smallest absolute Gasteiger partial charge is 0.249 e. The fourth-order valence-electron chi connectivity index (χ4n) is 1.95. The number of nitrogens with zero attached hydrogens (tertiary/aromatic N) is 3. The molecule has 0 aliphatic rings. The highest BCUT2D eigenvalue weighted by atomic mass is 35.5. The van der Waals surface area contributed by atoms with Crippen molar-refractivity contribution < 1.29 is 0 Å². The number of aromatic nitrogens is 3. The van der Waals surface area contributed by atoms with Crippen molar-refractivity contribution in [1.82, 2.24) is 15.2 Å². The Bertz CT molecular complexity index is 821. The molecular formula is C16H13Cl2N5. The Hall–Kier alpha value is -2.37. The first-order chi connectivity index (χ1) is 11.1. The van der Waals surface area contributed by atoms with E-state index in [9.17, 15) is 0 Å². The van der Waals surface area contributed by atoms with Gasteiger partial charge in [-0.25, -0.2) is 0 Å². The van der Waals surface area contributed by atoms with E-state index in [0.717, 1.165) is 16.9 Å². The molecule has 0 atom stereocenters. The minimum atomic E-state index is 0.384. The molecule has 0 saturated heterocycles. The number of hydrogen-bond acceptors (Lipinski definition) is 5. The van der Waals surface area contributed by atoms with Crippen LogP contribution in [0.15, 0.2) is 48.7 Å². The van der Waals surface area contributed by atoms with Gasteiger partial charge in [-0.05, 0) is 48.9 Å². The van der Waals surface area contributed by atoms with Gasteiger partial charge in [0.15, 0.2) is 5.82 Å². The molecule has 0 aliphatic carbocycles. The quantitative estimate of drug-likeness (QED) is 0.698. The molecule has 23 heavy (non-hydrogen) atoms. The molecule has 0 amide bonds. The van der Waals surface area contributed by atoms with Crippen LogP contribution < -0.4 is 10.6 Å². The van der Waals surface area contributed by atoms with Crippen LogP contribution in [0.5, 0.6) is 0 Å². The highest BCUT2D eigenvalue weighted by Crippen LogP contribution is 2.23. The third-order valence-electron chi connectivity index (χ3n) is 3.12. The van der Waals surface area contributed by atoms with Crippen LogP contribution in [0.3, 0.4) is 0 Å². The second kappa shape index (κ2) is 6.81. The highest BCUT2D eigenvalue weighted by Gasteiger charge is 2.05. The summed E-state index contributed by atoms with van der Waals surface area (Å²) in [6.07, 6.45) is 1.55. The first-order valence-corrected chi connectivity index (χ1v) is 7.61. The van der Waals surface area contributed by atoms with Gasteiger partial charge < -0.3 is 10.6 Å². The van der Waals surface area contributed by atoms with E-state index < -0.39 is 0 Å². The van der Waals surface area contributed by atoms with Crippen molar-refractivity contribution in [3.05, 3.63) is 64.3 Å². The number of anilines is 4. The highest BCUT2D eigenvalue weighted by molar-refractivity contribution is 6.31. The molecule has 7 heteroatoms. The third-order valence-corrected chi connectivity index (χ3v) is 3.61. The zero-order valence-corrected chi connectivity index (χ0v) is 13.7. The number of rotatable bonds is 4. The molecule has 2 aromatic carbocycles. The van der Waals surface area contributed by atoms with E-state index in [-0.39, 0.29) is 0 Å². The van der Waals surface area contributed by atoms with Gasteiger partial charge in [0.05, 0.1) is 6.20 Å². The molecule has 0 radical (unpaired) electrons. The molecule has 3 aromatic rings. The third kappa shape index (κ3) is 4.09. The largest absolute Gasteiger partial charge is 0.339 e. The lowest BCUT2D eigenvalue weighted by Crippen LogP contribution is -2.03. The van der Waals surface area contributed by atoms with Crippen molar-refractivity contribution in [3.8, 4) is 0 Å². The standard InChI is InChI=1S/C16H13Cl2N5/c1-10-2-3-12(18)8-14(10)21-16-22-15(9-19-23-16)20-13-6-4-11(17)5-7-13/h2-9H,1H3,(H2,20,21,22,23). The molecule has 0 saturated carbocycles. The Balaban J connectivity index is 1.79. The van der Waals surface area contributed by atoms with Crippen LogP contribution in [0.25, 0.3) is 0 Å². The second-order valence-electron chi connectivity index (χ2n) is 4.88. The Morgan fingerprint density at radius 1 is 0.913 bits per heavy atom. The van der Waals surface area contributed by atoms with E-state index in [2.05, 4.69) is 25.8 Å². The summed E-state index contributed by atoms with van der Waals surface area (Å²) in [5, 5.41) is 15.5. The van der Waals surface area contributed by atoms with E-state index in [1.54, 1.807) is 18.3 Å². The van der Waals surface area contributed by atoms with Gasteiger partial charge in [-0.1, -0.05) is 29.3 Å². The summed E-state index contributed by atoms with van der Waals surface area (Å²) in [4.78, 5) is 4.38. The fraction of sp³-hybridized carbons (Fsp3) is 0.0625. The SMILES string of the molecule is Cc1ccc(Cl)cc1Nc1nncc(Nc2ccc(Cl)cc2)n1. The maximum absolute atomic E-state index is 6.01. The Kier molecular flexibility index (Phi) is 4.60. The van der Waals surface area contributed by atoms with Crippen molar-refractivity contribution in [3.63, 3.8) is 0 Å². The zero-order chi connectivity index (χ0) is 16.2. The molecule has 3 rings (SSSR count). The molecule has 0 aliphatic heterocycles. The van der Waals surface area contributed by atoms with E-state index in [0.29, 0.717) is 21.8 Å². The Labute approximate surface area is 143 Å². The summed E-state index contributed by atoms with van der Waals surface area (Å²) in [5.74, 6) is 0.957. The van der Waals surface area contributed by atoms with Gasteiger partial charge >= 0.3 is 0 Å². The van der Waals surface area contributed by atoms with Crippen LogP contribution in [0.2, 0.25) is 10.0 Å². The average Bonchev–Trinajstić information content (AvgIpc) is 2.54. The maximum Gasteiger partial charge on any atom is 0.249 e. The average molecular weight is 346 g/mol. The minimum absolute atomic E-state index is 0.384. The molecule has 2 N–H and O–H groups in total. The molecule has 0 bridgehead atoms. The lowest BCUT2D eigenvalue weighted by molar-refractivity contribution is 0.982. The van der Waals surface area contributed by atoms with Crippen molar-refractivity contribution in [1.29, 1.82) is 0 Å².